The van der Waals surface area contributed by atoms with Gasteiger partial charge in [0, 0.05) is 0 Å². The molecule has 0 aliphatic carbocycles. The van der Waals surface area contributed by atoms with E-state index in [0.717, 1.165) is 17.3 Å². The molecule has 28 heavy (non-hydrogen) atoms. The molecule has 0 saturated heterocycles. The lowest BCUT2D eigenvalue weighted by atomic mass is 9.88. The molecule has 0 fully saturated rings. The second-order valence-corrected chi connectivity index (χ2v) is 7.63. The summed E-state index contributed by atoms with van der Waals surface area (Å²) in [5.74, 6) is -0.839. The summed E-state index contributed by atoms with van der Waals surface area (Å²) in [5, 5.41) is 19.3. The summed E-state index contributed by atoms with van der Waals surface area (Å²) in [4.78, 5) is 10.7. The molecular weight excluding hydrogens is 391 g/mol. The standard InChI is InChI=1S/C20H22F3NO3S/c21-20(22,23)19(27,10-12-28-11-9-17(24)18(25)26)16-8-4-7-15(13-16)14-5-2-1-3-6-14/h1-8,13,17,27H,9-12,24H2,(H,25,26). The van der Waals surface area contributed by atoms with Crippen molar-refractivity contribution in [2.45, 2.75) is 30.7 Å². The summed E-state index contributed by atoms with van der Waals surface area (Å²) >= 11 is 1.13. The third-order valence-corrected chi connectivity index (χ3v) is 5.43. The van der Waals surface area contributed by atoms with Crippen LogP contribution in [0.1, 0.15) is 18.4 Å². The van der Waals surface area contributed by atoms with Gasteiger partial charge in [0.1, 0.15) is 6.04 Å². The number of rotatable bonds is 9. The van der Waals surface area contributed by atoms with Crippen molar-refractivity contribution < 1.29 is 28.2 Å². The van der Waals surface area contributed by atoms with Crippen molar-refractivity contribution in [2.75, 3.05) is 11.5 Å². The van der Waals surface area contributed by atoms with E-state index in [0.29, 0.717) is 11.3 Å². The molecule has 2 unspecified atom stereocenters. The van der Waals surface area contributed by atoms with E-state index in [1.807, 2.05) is 6.07 Å². The van der Waals surface area contributed by atoms with Crippen LogP contribution in [0.5, 0.6) is 0 Å². The number of carbonyl (C=O) groups is 1. The van der Waals surface area contributed by atoms with Crippen LogP contribution in [0.2, 0.25) is 0 Å². The van der Waals surface area contributed by atoms with E-state index in [1.54, 1.807) is 30.3 Å². The van der Waals surface area contributed by atoms with Gasteiger partial charge >= 0.3 is 12.1 Å². The maximum atomic E-state index is 13.7. The quantitative estimate of drug-likeness (QED) is 0.541. The van der Waals surface area contributed by atoms with Crippen molar-refractivity contribution in [3.63, 3.8) is 0 Å². The molecule has 2 aromatic carbocycles. The van der Waals surface area contributed by atoms with Gasteiger partial charge in [-0.2, -0.15) is 24.9 Å². The van der Waals surface area contributed by atoms with E-state index < -0.39 is 30.2 Å². The van der Waals surface area contributed by atoms with Crippen LogP contribution in [0.4, 0.5) is 13.2 Å². The van der Waals surface area contributed by atoms with Gasteiger partial charge in [-0.1, -0.05) is 48.5 Å². The van der Waals surface area contributed by atoms with Crippen molar-refractivity contribution in [2.24, 2.45) is 5.73 Å². The van der Waals surface area contributed by atoms with E-state index in [1.165, 1.54) is 18.2 Å². The average molecular weight is 413 g/mol. The normalized spacial score (nSPS) is 15.0. The Morgan fingerprint density at radius 2 is 1.68 bits per heavy atom. The van der Waals surface area contributed by atoms with Gasteiger partial charge in [0.15, 0.2) is 5.60 Å². The van der Waals surface area contributed by atoms with Gasteiger partial charge in [-0.05, 0) is 47.1 Å². The number of thioether (sulfide) groups is 1. The highest BCUT2D eigenvalue weighted by atomic mass is 32.2. The number of carboxylic acids is 1. The van der Waals surface area contributed by atoms with E-state index >= 15 is 0 Å². The molecule has 0 aromatic heterocycles. The highest BCUT2D eigenvalue weighted by molar-refractivity contribution is 7.99. The SMILES string of the molecule is NC(CCSCCC(O)(c1cccc(-c2ccccc2)c1)C(F)(F)F)C(=O)O. The van der Waals surface area contributed by atoms with Gasteiger partial charge in [-0.25, -0.2) is 0 Å². The molecule has 0 amide bonds. The minimum absolute atomic E-state index is 0.0118. The van der Waals surface area contributed by atoms with Crippen LogP contribution in [0.25, 0.3) is 11.1 Å². The Morgan fingerprint density at radius 3 is 2.29 bits per heavy atom. The topological polar surface area (TPSA) is 83.5 Å². The van der Waals surface area contributed by atoms with Crippen LogP contribution in [0.15, 0.2) is 54.6 Å². The zero-order valence-electron chi connectivity index (χ0n) is 15.0. The minimum atomic E-state index is -4.85. The molecule has 2 rings (SSSR count). The zero-order chi connectivity index (χ0) is 20.8. The van der Waals surface area contributed by atoms with E-state index in [2.05, 4.69) is 0 Å². The number of benzene rings is 2. The Bertz CT molecular complexity index is 786. The molecule has 0 saturated carbocycles. The first-order chi connectivity index (χ1) is 13.1. The van der Waals surface area contributed by atoms with Gasteiger partial charge in [0.25, 0.3) is 0 Å². The number of carboxylic acid groups (broad SMARTS) is 1. The highest BCUT2D eigenvalue weighted by Crippen LogP contribution is 2.43. The molecule has 4 N–H and O–H groups in total. The first kappa shape index (κ1) is 22.3. The predicted octanol–water partition coefficient (Wildman–Crippen LogP) is 4.03. The Kier molecular flexibility index (Phi) is 7.51. The molecule has 0 bridgehead atoms. The number of aliphatic carboxylic acids is 1. The first-order valence-corrected chi connectivity index (χ1v) is 9.82. The lowest BCUT2D eigenvalue weighted by Crippen LogP contribution is -2.42. The maximum absolute atomic E-state index is 13.7. The number of alkyl halides is 3. The summed E-state index contributed by atoms with van der Waals surface area (Å²) in [7, 11) is 0. The van der Waals surface area contributed by atoms with Crippen molar-refractivity contribution in [1.82, 2.24) is 0 Å². The number of halogens is 3. The van der Waals surface area contributed by atoms with Crippen LogP contribution in [0.3, 0.4) is 0 Å². The van der Waals surface area contributed by atoms with Crippen molar-refractivity contribution >= 4 is 17.7 Å². The number of nitrogens with two attached hydrogens (primary N) is 1. The largest absolute Gasteiger partial charge is 0.480 e. The fourth-order valence-corrected chi connectivity index (χ4v) is 3.76. The number of hydrogen-bond acceptors (Lipinski definition) is 4. The zero-order valence-corrected chi connectivity index (χ0v) is 15.8. The summed E-state index contributed by atoms with van der Waals surface area (Å²) in [6.07, 6.45) is -5.24. The van der Waals surface area contributed by atoms with Gasteiger partial charge in [-0.15, -0.1) is 0 Å². The summed E-state index contributed by atoms with van der Waals surface area (Å²) in [5.41, 5.74) is 3.51. The number of aliphatic hydroxyl groups is 1. The third-order valence-electron chi connectivity index (χ3n) is 4.41. The van der Waals surface area contributed by atoms with Crippen molar-refractivity contribution in [3.05, 3.63) is 60.2 Å². The summed E-state index contributed by atoms with van der Waals surface area (Å²) < 4.78 is 41.1. The molecule has 8 heteroatoms. The van der Waals surface area contributed by atoms with Crippen molar-refractivity contribution in [1.29, 1.82) is 0 Å². The van der Waals surface area contributed by atoms with E-state index in [9.17, 15) is 23.1 Å². The smallest absolute Gasteiger partial charge is 0.421 e. The summed E-state index contributed by atoms with van der Waals surface area (Å²) in [6, 6.07) is 13.7. The molecule has 0 aliphatic rings. The fourth-order valence-electron chi connectivity index (χ4n) is 2.69. The summed E-state index contributed by atoms with van der Waals surface area (Å²) in [6.45, 7) is 0. The van der Waals surface area contributed by atoms with Crippen LogP contribution in [0, 0.1) is 0 Å². The van der Waals surface area contributed by atoms with Crippen LogP contribution in [-0.4, -0.2) is 39.9 Å². The van der Waals surface area contributed by atoms with Crippen LogP contribution < -0.4 is 5.73 Å². The van der Waals surface area contributed by atoms with Crippen LogP contribution >= 0.6 is 11.8 Å². The predicted molar refractivity (Wildman–Crippen MR) is 104 cm³/mol. The average Bonchev–Trinajstić information content (AvgIpc) is 2.67. The van der Waals surface area contributed by atoms with Crippen LogP contribution in [-0.2, 0) is 10.4 Å². The van der Waals surface area contributed by atoms with Gasteiger partial charge < -0.3 is 15.9 Å². The molecule has 0 heterocycles. The third kappa shape index (κ3) is 5.50. The molecular formula is C20H22F3NO3S. The number of hydrogen-bond donors (Lipinski definition) is 3. The van der Waals surface area contributed by atoms with Gasteiger partial charge in [-0.3, -0.25) is 4.79 Å². The minimum Gasteiger partial charge on any atom is -0.480 e. The molecule has 2 aromatic rings. The molecule has 2 atom stereocenters. The molecule has 0 spiro atoms. The maximum Gasteiger partial charge on any atom is 0.421 e. The monoisotopic (exact) mass is 413 g/mol. The Morgan fingerprint density at radius 1 is 1.04 bits per heavy atom. The van der Waals surface area contributed by atoms with Crippen molar-refractivity contribution in [3.8, 4) is 11.1 Å². The lowest BCUT2D eigenvalue weighted by Gasteiger charge is -2.31. The Balaban J connectivity index is 2.14. The fraction of sp³-hybridized carbons (Fsp3) is 0.350. The van der Waals surface area contributed by atoms with Gasteiger partial charge in [0.2, 0.25) is 0 Å². The Hall–Kier alpha value is -2.03. The van der Waals surface area contributed by atoms with Gasteiger partial charge in [0.05, 0.1) is 0 Å². The highest BCUT2D eigenvalue weighted by Gasteiger charge is 2.54. The second-order valence-electron chi connectivity index (χ2n) is 6.40. The van der Waals surface area contributed by atoms with E-state index in [4.69, 9.17) is 10.8 Å². The Labute approximate surface area is 165 Å². The molecule has 0 radical (unpaired) electrons. The lowest BCUT2D eigenvalue weighted by molar-refractivity contribution is -0.267. The molecule has 0 aliphatic heterocycles. The molecule has 4 nitrogen and oxygen atoms in total. The second kappa shape index (κ2) is 9.45. The van der Waals surface area contributed by atoms with E-state index in [-0.39, 0.29) is 17.7 Å². The molecule has 152 valence electrons. The first-order valence-electron chi connectivity index (χ1n) is 8.66.